The van der Waals surface area contributed by atoms with Gasteiger partial charge in [0.25, 0.3) is 5.91 Å². The molecule has 2 rings (SSSR count). The number of amides is 1. The van der Waals surface area contributed by atoms with Gasteiger partial charge in [0, 0.05) is 17.3 Å². The number of hydrogen-bond acceptors (Lipinski definition) is 5. The van der Waals surface area contributed by atoms with E-state index < -0.39 is 10.8 Å². The van der Waals surface area contributed by atoms with Crippen LogP contribution in [0.2, 0.25) is 0 Å². The zero-order valence-corrected chi connectivity index (χ0v) is 14.6. The highest BCUT2D eigenvalue weighted by molar-refractivity contribution is 9.10. The van der Waals surface area contributed by atoms with E-state index in [2.05, 4.69) is 21.2 Å². The number of benzene rings is 2. The van der Waals surface area contributed by atoms with Crippen LogP contribution in [0.25, 0.3) is 0 Å². The summed E-state index contributed by atoms with van der Waals surface area (Å²) in [7, 11) is 1.54. The van der Waals surface area contributed by atoms with Crippen LogP contribution >= 0.6 is 15.9 Å². The van der Waals surface area contributed by atoms with Gasteiger partial charge in [-0.3, -0.25) is 14.9 Å². The van der Waals surface area contributed by atoms with Crippen LogP contribution in [0.5, 0.6) is 11.5 Å². The van der Waals surface area contributed by atoms with Gasteiger partial charge in [0.2, 0.25) is 0 Å². The smallest absolute Gasteiger partial charge is 0.311 e. The molecule has 2 aromatic carbocycles. The average molecular weight is 395 g/mol. The van der Waals surface area contributed by atoms with Gasteiger partial charge < -0.3 is 14.8 Å². The molecular weight excluding hydrogens is 380 g/mol. The lowest BCUT2D eigenvalue weighted by atomic mass is 10.1. The van der Waals surface area contributed by atoms with Crippen molar-refractivity contribution < 1.29 is 19.2 Å². The third-order valence-corrected chi connectivity index (χ3v) is 3.75. The van der Waals surface area contributed by atoms with Gasteiger partial charge in [0.1, 0.15) is 5.75 Å². The van der Waals surface area contributed by atoms with Gasteiger partial charge in [-0.05, 0) is 53.2 Å². The summed E-state index contributed by atoms with van der Waals surface area (Å²) in [6, 6.07) is 9.13. The number of hydrogen-bond donors (Lipinski definition) is 1. The van der Waals surface area contributed by atoms with Crippen LogP contribution in [0.1, 0.15) is 17.3 Å². The molecule has 7 nitrogen and oxygen atoms in total. The summed E-state index contributed by atoms with van der Waals surface area (Å²) >= 11 is 3.33. The second-order valence-electron chi connectivity index (χ2n) is 4.68. The molecule has 0 aromatic heterocycles. The molecular formula is C16H15BrN2O5. The monoisotopic (exact) mass is 394 g/mol. The molecule has 0 bridgehead atoms. The molecule has 2 aromatic rings. The second-order valence-corrected chi connectivity index (χ2v) is 5.53. The van der Waals surface area contributed by atoms with E-state index >= 15 is 0 Å². The molecule has 0 aliphatic heterocycles. The van der Waals surface area contributed by atoms with E-state index in [1.807, 2.05) is 0 Å². The lowest BCUT2D eigenvalue weighted by molar-refractivity contribution is -0.385. The van der Waals surface area contributed by atoms with Crippen molar-refractivity contribution in [1.29, 1.82) is 0 Å². The van der Waals surface area contributed by atoms with Gasteiger partial charge in [0.05, 0.1) is 23.1 Å². The Morgan fingerprint density at radius 3 is 2.54 bits per heavy atom. The molecule has 1 N–H and O–H groups in total. The zero-order chi connectivity index (χ0) is 17.7. The minimum Gasteiger partial charge on any atom is -0.496 e. The molecule has 0 aliphatic carbocycles. The molecule has 0 fully saturated rings. The van der Waals surface area contributed by atoms with Crippen molar-refractivity contribution in [3.8, 4) is 11.5 Å². The molecule has 8 heteroatoms. The normalized spacial score (nSPS) is 10.1. The lowest BCUT2D eigenvalue weighted by Crippen LogP contribution is -2.12. The predicted molar refractivity (Wildman–Crippen MR) is 92.9 cm³/mol. The van der Waals surface area contributed by atoms with Crippen LogP contribution < -0.4 is 14.8 Å². The first-order chi connectivity index (χ1) is 11.5. The van der Waals surface area contributed by atoms with E-state index in [0.717, 1.165) is 0 Å². The molecule has 0 unspecified atom stereocenters. The SMILES string of the molecule is CCOc1ccc(C(=O)Nc2ccc(OC)c(Br)c2)cc1[N+](=O)[O-]. The summed E-state index contributed by atoms with van der Waals surface area (Å²) < 4.78 is 11.0. The molecule has 0 spiro atoms. The van der Waals surface area contributed by atoms with Gasteiger partial charge >= 0.3 is 5.69 Å². The summed E-state index contributed by atoms with van der Waals surface area (Å²) in [5, 5.41) is 13.8. The van der Waals surface area contributed by atoms with Crippen molar-refractivity contribution in [3.05, 3.63) is 56.5 Å². The highest BCUT2D eigenvalue weighted by Crippen LogP contribution is 2.30. The Hall–Kier alpha value is -2.61. The average Bonchev–Trinajstić information content (AvgIpc) is 2.55. The van der Waals surface area contributed by atoms with Gasteiger partial charge in [-0.2, -0.15) is 0 Å². The van der Waals surface area contributed by atoms with Gasteiger partial charge in [-0.25, -0.2) is 0 Å². The molecule has 0 radical (unpaired) electrons. The molecule has 24 heavy (non-hydrogen) atoms. The van der Waals surface area contributed by atoms with Gasteiger partial charge in [-0.1, -0.05) is 0 Å². The fraction of sp³-hybridized carbons (Fsp3) is 0.188. The first kappa shape index (κ1) is 17.7. The van der Waals surface area contributed by atoms with Crippen LogP contribution in [0.3, 0.4) is 0 Å². The molecule has 0 saturated carbocycles. The third-order valence-electron chi connectivity index (χ3n) is 3.13. The Kier molecular flexibility index (Phi) is 5.75. The number of halogens is 1. The maximum Gasteiger partial charge on any atom is 0.311 e. The summed E-state index contributed by atoms with van der Waals surface area (Å²) in [5.41, 5.74) is 0.446. The molecule has 126 valence electrons. The Morgan fingerprint density at radius 1 is 1.25 bits per heavy atom. The van der Waals surface area contributed by atoms with E-state index in [1.165, 1.54) is 25.3 Å². The maximum atomic E-state index is 12.3. The van der Waals surface area contributed by atoms with Crippen LogP contribution in [-0.4, -0.2) is 24.5 Å². The number of methoxy groups -OCH3 is 1. The number of anilines is 1. The van der Waals surface area contributed by atoms with E-state index in [4.69, 9.17) is 9.47 Å². The fourth-order valence-corrected chi connectivity index (χ4v) is 2.57. The van der Waals surface area contributed by atoms with Crippen LogP contribution in [0, 0.1) is 10.1 Å². The Morgan fingerprint density at radius 2 is 1.96 bits per heavy atom. The number of carbonyl (C=O) groups is 1. The maximum absolute atomic E-state index is 12.3. The summed E-state index contributed by atoms with van der Waals surface area (Å²) in [4.78, 5) is 22.8. The Labute approximate surface area is 146 Å². The molecule has 0 atom stereocenters. The first-order valence-corrected chi connectivity index (χ1v) is 7.81. The predicted octanol–water partition coefficient (Wildman–Crippen LogP) is 4.02. The molecule has 0 heterocycles. The highest BCUT2D eigenvalue weighted by Gasteiger charge is 2.18. The molecule has 0 aliphatic rings. The summed E-state index contributed by atoms with van der Waals surface area (Å²) in [6.07, 6.45) is 0. The van der Waals surface area contributed by atoms with E-state index in [1.54, 1.807) is 25.1 Å². The summed E-state index contributed by atoms with van der Waals surface area (Å²) in [5.74, 6) is 0.300. The third kappa shape index (κ3) is 4.02. The number of nitro groups is 1. The number of nitro benzene ring substituents is 1. The standard InChI is InChI=1S/C16H15BrN2O5/c1-3-24-15-6-4-10(8-13(15)19(21)22)16(20)18-11-5-7-14(23-2)12(17)9-11/h4-9H,3H2,1-2H3,(H,18,20). The number of carbonyl (C=O) groups excluding carboxylic acids is 1. The van der Waals surface area contributed by atoms with Crippen molar-refractivity contribution in [3.63, 3.8) is 0 Å². The lowest BCUT2D eigenvalue weighted by Gasteiger charge is -2.09. The van der Waals surface area contributed by atoms with Crippen LogP contribution in [-0.2, 0) is 0 Å². The number of nitrogens with one attached hydrogen (secondary N) is 1. The largest absolute Gasteiger partial charge is 0.496 e. The van der Waals surface area contributed by atoms with Crippen molar-refractivity contribution >= 4 is 33.2 Å². The van der Waals surface area contributed by atoms with Gasteiger partial charge in [-0.15, -0.1) is 0 Å². The zero-order valence-electron chi connectivity index (χ0n) is 13.0. The van der Waals surface area contributed by atoms with E-state index in [-0.39, 0.29) is 17.0 Å². The van der Waals surface area contributed by atoms with Crippen molar-refractivity contribution in [2.45, 2.75) is 6.92 Å². The number of nitrogens with zero attached hydrogens (tertiary/aromatic N) is 1. The fourth-order valence-electron chi connectivity index (χ4n) is 2.03. The van der Waals surface area contributed by atoms with Crippen molar-refractivity contribution in [1.82, 2.24) is 0 Å². The first-order valence-electron chi connectivity index (χ1n) is 7.02. The minimum absolute atomic E-state index is 0.131. The van der Waals surface area contributed by atoms with E-state index in [9.17, 15) is 14.9 Å². The van der Waals surface area contributed by atoms with Gasteiger partial charge in [0.15, 0.2) is 5.75 Å². The highest BCUT2D eigenvalue weighted by atomic mass is 79.9. The van der Waals surface area contributed by atoms with Crippen LogP contribution in [0.4, 0.5) is 11.4 Å². The summed E-state index contributed by atoms with van der Waals surface area (Å²) in [6.45, 7) is 2.03. The van der Waals surface area contributed by atoms with Crippen molar-refractivity contribution in [2.24, 2.45) is 0 Å². The quantitative estimate of drug-likeness (QED) is 0.590. The molecule has 0 saturated heterocycles. The Balaban J connectivity index is 2.25. The van der Waals surface area contributed by atoms with E-state index in [0.29, 0.717) is 22.5 Å². The minimum atomic E-state index is -0.578. The van der Waals surface area contributed by atoms with Crippen LogP contribution in [0.15, 0.2) is 40.9 Å². The molecule has 1 amide bonds. The number of ether oxygens (including phenoxy) is 2. The number of rotatable bonds is 6. The van der Waals surface area contributed by atoms with Crippen molar-refractivity contribution in [2.75, 3.05) is 19.0 Å². The second kappa shape index (κ2) is 7.78. The topological polar surface area (TPSA) is 90.7 Å². The Bertz CT molecular complexity index is 779.